The number of nitrogens with zero attached hydrogens (tertiary/aromatic N) is 1. The molecule has 0 saturated heterocycles. The van der Waals surface area contributed by atoms with Crippen LogP contribution < -0.4 is 5.32 Å². The van der Waals surface area contributed by atoms with Gasteiger partial charge in [0.25, 0.3) is 0 Å². The van der Waals surface area contributed by atoms with Crippen molar-refractivity contribution < 1.29 is 4.42 Å². The summed E-state index contributed by atoms with van der Waals surface area (Å²) in [7, 11) is 0. The molecule has 3 heteroatoms. The third-order valence-electron chi connectivity index (χ3n) is 2.49. The van der Waals surface area contributed by atoms with Gasteiger partial charge in [0.1, 0.15) is 5.76 Å². The van der Waals surface area contributed by atoms with Gasteiger partial charge >= 0.3 is 0 Å². The molecule has 1 aromatic heterocycles. The molecule has 0 radical (unpaired) electrons. The summed E-state index contributed by atoms with van der Waals surface area (Å²) in [5.74, 6) is 2.29. The SMILES string of the molecule is CC(C)c1cnc(CCNC2CC2)o1. The minimum atomic E-state index is 0.438. The van der Waals surface area contributed by atoms with Crippen LogP contribution in [0.3, 0.4) is 0 Å². The normalized spacial score (nSPS) is 16.5. The lowest BCUT2D eigenvalue weighted by atomic mass is 10.2. The van der Waals surface area contributed by atoms with Crippen molar-refractivity contribution in [1.82, 2.24) is 10.3 Å². The Morgan fingerprint density at radius 1 is 1.57 bits per heavy atom. The molecule has 14 heavy (non-hydrogen) atoms. The first-order valence-corrected chi connectivity index (χ1v) is 5.43. The van der Waals surface area contributed by atoms with E-state index >= 15 is 0 Å². The zero-order chi connectivity index (χ0) is 9.97. The molecular formula is C11H18N2O. The van der Waals surface area contributed by atoms with Gasteiger partial charge in [-0.25, -0.2) is 4.98 Å². The maximum Gasteiger partial charge on any atom is 0.195 e. The molecule has 0 atom stereocenters. The van der Waals surface area contributed by atoms with E-state index in [0.717, 1.165) is 30.7 Å². The van der Waals surface area contributed by atoms with E-state index in [1.165, 1.54) is 12.8 Å². The summed E-state index contributed by atoms with van der Waals surface area (Å²) in [5, 5.41) is 3.44. The van der Waals surface area contributed by atoms with Crippen molar-refractivity contribution in [2.24, 2.45) is 0 Å². The molecule has 1 aliphatic carbocycles. The number of hydrogen-bond donors (Lipinski definition) is 1. The van der Waals surface area contributed by atoms with Crippen LogP contribution in [0.25, 0.3) is 0 Å². The smallest absolute Gasteiger partial charge is 0.195 e. The molecule has 1 N–H and O–H groups in total. The Morgan fingerprint density at radius 2 is 2.36 bits per heavy atom. The number of aromatic nitrogens is 1. The lowest BCUT2D eigenvalue weighted by Gasteiger charge is -1.99. The van der Waals surface area contributed by atoms with Crippen LogP contribution in [0.4, 0.5) is 0 Å². The summed E-state index contributed by atoms with van der Waals surface area (Å²) in [6.07, 6.45) is 5.42. The molecule has 0 unspecified atom stereocenters. The highest BCUT2D eigenvalue weighted by molar-refractivity contribution is 4.99. The summed E-state index contributed by atoms with van der Waals surface area (Å²) in [6.45, 7) is 5.22. The maximum atomic E-state index is 5.60. The van der Waals surface area contributed by atoms with Gasteiger partial charge in [-0.05, 0) is 12.8 Å². The van der Waals surface area contributed by atoms with Crippen LogP contribution in [0.2, 0.25) is 0 Å². The Morgan fingerprint density at radius 3 is 2.93 bits per heavy atom. The summed E-state index contributed by atoms with van der Waals surface area (Å²) in [6, 6.07) is 0.773. The Balaban J connectivity index is 1.77. The number of nitrogens with one attached hydrogen (secondary N) is 1. The summed E-state index contributed by atoms with van der Waals surface area (Å²) in [4.78, 5) is 4.25. The monoisotopic (exact) mass is 194 g/mol. The fourth-order valence-electron chi connectivity index (χ4n) is 1.38. The van der Waals surface area contributed by atoms with Crippen molar-refractivity contribution in [3.05, 3.63) is 17.8 Å². The van der Waals surface area contributed by atoms with E-state index in [2.05, 4.69) is 24.1 Å². The average Bonchev–Trinajstić information content (AvgIpc) is 2.82. The van der Waals surface area contributed by atoms with Gasteiger partial charge in [-0.3, -0.25) is 0 Å². The van der Waals surface area contributed by atoms with Gasteiger partial charge in [0.2, 0.25) is 0 Å². The predicted molar refractivity (Wildman–Crippen MR) is 55.3 cm³/mol. The standard InChI is InChI=1S/C11H18N2O/c1-8(2)10-7-13-11(14-10)5-6-12-9-3-4-9/h7-9,12H,3-6H2,1-2H3. The zero-order valence-corrected chi connectivity index (χ0v) is 8.92. The molecule has 1 heterocycles. The van der Waals surface area contributed by atoms with Gasteiger partial charge in [0.05, 0.1) is 6.20 Å². The van der Waals surface area contributed by atoms with Gasteiger partial charge in [0.15, 0.2) is 5.89 Å². The second-order valence-electron chi connectivity index (χ2n) is 4.29. The zero-order valence-electron chi connectivity index (χ0n) is 8.92. The Bertz CT molecular complexity index is 289. The molecule has 2 rings (SSSR count). The van der Waals surface area contributed by atoms with Gasteiger partial charge < -0.3 is 9.73 Å². The molecule has 0 aromatic carbocycles. The molecular weight excluding hydrogens is 176 g/mol. The first-order chi connectivity index (χ1) is 6.75. The van der Waals surface area contributed by atoms with Gasteiger partial charge in [0, 0.05) is 24.9 Å². The summed E-state index contributed by atoms with van der Waals surface area (Å²) < 4.78 is 5.60. The predicted octanol–water partition coefficient (Wildman–Crippen LogP) is 2.09. The molecule has 1 fully saturated rings. The Kier molecular flexibility index (Phi) is 2.87. The van der Waals surface area contributed by atoms with Crippen LogP contribution in [0.5, 0.6) is 0 Å². The van der Waals surface area contributed by atoms with Crippen molar-refractivity contribution in [2.45, 2.75) is 45.1 Å². The molecule has 78 valence electrons. The van der Waals surface area contributed by atoms with Gasteiger partial charge in [-0.15, -0.1) is 0 Å². The van der Waals surface area contributed by atoms with E-state index in [-0.39, 0.29) is 0 Å². The van der Waals surface area contributed by atoms with Crippen molar-refractivity contribution in [2.75, 3.05) is 6.54 Å². The summed E-state index contributed by atoms with van der Waals surface area (Å²) in [5.41, 5.74) is 0. The molecule has 1 saturated carbocycles. The highest BCUT2D eigenvalue weighted by Crippen LogP contribution is 2.19. The molecule has 1 aliphatic rings. The first kappa shape index (κ1) is 9.71. The topological polar surface area (TPSA) is 38.1 Å². The summed E-state index contributed by atoms with van der Waals surface area (Å²) >= 11 is 0. The molecule has 0 aliphatic heterocycles. The van der Waals surface area contributed by atoms with E-state index in [1.807, 2.05) is 6.20 Å². The van der Waals surface area contributed by atoms with Crippen LogP contribution in [0, 0.1) is 0 Å². The fraction of sp³-hybridized carbons (Fsp3) is 0.727. The second kappa shape index (κ2) is 4.13. The highest BCUT2D eigenvalue weighted by Gasteiger charge is 2.20. The van der Waals surface area contributed by atoms with Crippen LogP contribution in [-0.2, 0) is 6.42 Å². The fourth-order valence-corrected chi connectivity index (χ4v) is 1.38. The van der Waals surface area contributed by atoms with Crippen LogP contribution in [0.1, 0.15) is 44.3 Å². The van der Waals surface area contributed by atoms with Crippen molar-refractivity contribution >= 4 is 0 Å². The second-order valence-corrected chi connectivity index (χ2v) is 4.29. The molecule has 1 aromatic rings. The van der Waals surface area contributed by atoms with Crippen LogP contribution >= 0.6 is 0 Å². The van der Waals surface area contributed by atoms with E-state index in [9.17, 15) is 0 Å². The van der Waals surface area contributed by atoms with Crippen molar-refractivity contribution in [3.63, 3.8) is 0 Å². The van der Waals surface area contributed by atoms with E-state index < -0.39 is 0 Å². The Labute approximate surface area is 84.9 Å². The molecule has 0 bridgehead atoms. The minimum absolute atomic E-state index is 0.438. The van der Waals surface area contributed by atoms with Crippen LogP contribution in [-0.4, -0.2) is 17.6 Å². The third-order valence-corrected chi connectivity index (χ3v) is 2.49. The quantitative estimate of drug-likeness (QED) is 0.780. The lowest BCUT2D eigenvalue weighted by Crippen LogP contribution is -2.19. The maximum absolute atomic E-state index is 5.60. The first-order valence-electron chi connectivity index (χ1n) is 5.43. The lowest BCUT2D eigenvalue weighted by molar-refractivity contribution is 0.433. The van der Waals surface area contributed by atoms with E-state index in [4.69, 9.17) is 4.42 Å². The average molecular weight is 194 g/mol. The van der Waals surface area contributed by atoms with Crippen LogP contribution in [0.15, 0.2) is 10.6 Å². The van der Waals surface area contributed by atoms with E-state index in [0.29, 0.717) is 5.92 Å². The minimum Gasteiger partial charge on any atom is -0.445 e. The highest BCUT2D eigenvalue weighted by atomic mass is 16.4. The molecule has 3 nitrogen and oxygen atoms in total. The number of rotatable bonds is 5. The Hall–Kier alpha value is -0.830. The molecule has 0 spiro atoms. The largest absolute Gasteiger partial charge is 0.445 e. The van der Waals surface area contributed by atoms with Gasteiger partial charge in [-0.2, -0.15) is 0 Å². The van der Waals surface area contributed by atoms with E-state index in [1.54, 1.807) is 0 Å². The third kappa shape index (κ3) is 2.58. The number of oxazole rings is 1. The molecule has 0 amide bonds. The van der Waals surface area contributed by atoms with Crippen molar-refractivity contribution in [1.29, 1.82) is 0 Å². The van der Waals surface area contributed by atoms with Gasteiger partial charge in [-0.1, -0.05) is 13.8 Å². The number of hydrogen-bond acceptors (Lipinski definition) is 3. The van der Waals surface area contributed by atoms with Crippen molar-refractivity contribution in [3.8, 4) is 0 Å².